The number of hydrogen-bond acceptors (Lipinski definition) is 4. The van der Waals surface area contributed by atoms with Gasteiger partial charge in [-0.05, 0) is 19.4 Å². The van der Waals surface area contributed by atoms with Crippen LogP contribution in [0.1, 0.15) is 18.7 Å². The lowest BCUT2D eigenvalue weighted by Crippen LogP contribution is -2.38. The molecule has 0 aliphatic carbocycles. The molecule has 0 saturated carbocycles. The quantitative estimate of drug-likeness (QED) is 0.826. The van der Waals surface area contributed by atoms with Gasteiger partial charge in [0.25, 0.3) is 0 Å². The van der Waals surface area contributed by atoms with E-state index < -0.39 is 5.97 Å². The topological polar surface area (TPSA) is 67.6 Å². The number of ether oxygens (including phenoxy) is 1. The first-order valence-electron chi connectivity index (χ1n) is 6.65. The van der Waals surface area contributed by atoms with Gasteiger partial charge in [0.1, 0.15) is 5.82 Å². The molecule has 1 aromatic heterocycles. The Morgan fingerprint density at radius 2 is 2.47 bits per heavy atom. The lowest BCUT2D eigenvalue weighted by molar-refractivity contribution is -0.143. The smallest absolute Gasteiger partial charge is 0.307 e. The first-order valence-corrected chi connectivity index (χ1v) is 6.65. The second-order valence-electron chi connectivity index (χ2n) is 4.94. The van der Waals surface area contributed by atoms with Crippen LogP contribution in [-0.4, -0.2) is 52.3 Å². The van der Waals surface area contributed by atoms with Gasteiger partial charge in [-0.2, -0.15) is 0 Å². The Morgan fingerprint density at radius 1 is 1.63 bits per heavy atom. The number of carboxylic acids is 1. The average molecular weight is 267 g/mol. The van der Waals surface area contributed by atoms with Gasteiger partial charge >= 0.3 is 5.97 Å². The maximum Gasteiger partial charge on any atom is 0.307 e. The fourth-order valence-electron chi connectivity index (χ4n) is 2.49. The normalized spacial score (nSPS) is 20.6. The number of carboxylic acid groups (broad SMARTS) is 1. The number of aromatic nitrogens is 2. The van der Waals surface area contributed by atoms with E-state index in [-0.39, 0.29) is 5.92 Å². The van der Waals surface area contributed by atoms with Gasteiger partial charge in [0, 0.05) is 32.6 Å². The Bertz CT molecular complexity index is 419. The predicted molar refractivity (Wildman–Crippen MR) is 69.7 cm³/mol. The molecule has 1 atom stereocenters. The van der Waals surface area contributed by atoms with Crippen LogP contribution >= 0.6 is 0 Å². The maximum absolute atomic E-state index is 11.0. The lowest BCUT2D eigenvalue weighted by Gasteiger charge is -2.30. The molecule has 1 saturated heterocycles. The summed E-state index contributed by atoms with van der Waals surface area (Å²) < 4.78 is 7.13. The molecule has 0 aromatic carbocycles. The average Bonchev–Trinajstić information content (AvgIpc) is 2.84. The summed E-state index contributed by atoms with van der Waals surface area (Å²) in [5, 5.41) is 9.09. The molecular formula is C13H21N3O3. The van der Waals surface area contributed by atoms with Crippen LogP contribution in [0.25, 0.3) is 0 Å². The van der Waals surface area contributed by atoms with Crippen LogP contribution in [0, 0.1) is 5.92 Å². The number of imidazole rings is 1. The molecule has 2 rings (SSSR count). The van der Waals surface area contributed by atoms with Gasteiger partial charge in [0.15, 0.2) is 0 Å². The summed E-state index contributed by atoms with van der Waals surface area (Å²) >= 11 is 0. The molecule has 1 N–H and O–H groups in total. The van der Waals surface area contributed by atoms with Crippen molar-refractivity contribution in [2.75, 3.05) is 26.8 Å². The summed E-state index contributed by atoms with van der Waals surface area (Å²) in [7, 11) is 1.68. The molecule has 0 bridgehead atoms. The third kappa shape index (κ3) is 3.78. The Labute approximate surface area is 113 Å². The summed E-state index contributed by atoms with van der Waals surface area (Å²) in [6.45, 7) is 3.71. The summed E-state index contributed by atoms with van der Waals surface area (Å²) in [4.78, 5) is 17.6. The van der Waals surface area contributed by atoms with E-state index in [0.717, 1.165) is 31.8 Å². The second kappa shape index (κ2) is 6.68. The van der Waals surface area contributed by atoms with Gasteiger partial charge in [-0.3, -0.25) is 9.69 Å². The maximum atomic E-state index is 11.0. The Hall–Kier alpha value is -1.40. The standard InChI is InChI=1S/C13H21N3O3/c1-19-8-7-16-6-4-14-12(16)10-15-5-2-3-11(9-15)13(17)18/h4,6,11H,2-3,5,7-10H2,1H3,(H,17,18). The van der Waals surface area contributed by atoms with Crippen LogP contribution in [0.15, 0.2) is 12.4 Å². The summed E-state index contributed by atoms with van der Waals surface area (Å²) in [6, 6.07) is 0. The molecule has 1 fully saturated rings. The van der Waals surface area contributed by atoms with E-state index in [1.54, 1.807) is 13.3 Å². The van der Waals surface area contributed by atoms with Gasteiger partial charge in [-0.25, -0.2) is 4.98 Å². The van der Waals surface area contributed by atoms with Crippen molar-refractivity contribution in [2.24, 2.45) is 5.92 Å². The molecule has 1 unspecified atom stereocenters. The molecule has 1 aliphatic rings. The minimum absolute atomic E-state index is 0.240. The second-order valence-corrected chi connectivity index (χ2v) is 4.94. The highest BCUT2D eigenvalue weighted by atomic mass is 16.5. The Balaban J connectivity index is 1.93. The first-order chi connectivity index (χ1) is 9.20. The SMILES string of the molecule is COCCn1ccnc1CN1CCCC(C(=O)O)C1. The molecule has 6 heteroatoms. The van der Waals surface area contributed by atoms with Crippen molar-refractivity contribution in [2.45, 2.75) is 25.9 Å². The van der Waals surface area contributed by atoms with E-state index in [4.69, 9.17) is 9.84 Å². The van der Waals surface area contributed by atoms with Crippen molar-refractivity contribution in [3.05, 3.63) is 18.2 Å². The molecule has 0 spiro atoms. The van der Waals surface area contributed by atoms with E-state index in [0.29, 0.717) is 19.7 Å². The highest BCUT2D eigenvalue weighted by Gasteiger charge is 2.25. The van der Waals surface area contributed by atoms with Gasteiger partial charge in [-0.1, -0.05) is 0 Å². The minimum Gasteiger partial charge on any atom is -0.481 e. The van der Waals surface area contributed by atoms with E-state index in [2.05, 4.69) is 14.5 Å². The molecule has 1 aliphatic heterocycles. The minimum atomic E-state index is -0.688. The van der Waals surface area contributed by atoms with E-state index in [1.807, 2.05) is 6.20 Å². The molecule has 1 aromatic rings. The molecule has 19 heavy (non-hydrogen) atoms. The van der Waals surface area contributed by atoms with Crippen molar-refractivity contribution in [3.8, 4) is 0 Å². The number of hydrogen-bond donors (Lipinski definition) is 1. The van der Waals surface area contributed by atoms with Gasteiger partial charge in [0.05, 0.1) is 19.1 Å². The predicted octanol–water partition coefficient (Wildman–Crippen LogP) is 0.826. The van der Waals surface area contributed by atoms with E-state index in [1.165, 1.54) is 0 Å². The van der Waals surface area contributed by atoms with Gasteiger partial charge in [0.2, 0.25) is 0 Å². The Morgan fingerprint density at radius 3 is 3.21 bits per heavy atom. The van der Waals surface area contributed by atoms with Crippen LogP contribution in [-0.2, 0) is 22.6 Å². The van der Waals surface area contributed by atoms with Crippen LogP contribution in [0.3, 0.4) is 0 Å². The lowest BCUT2D eigenvalue weighted by atomic mass is 9.98. The highest BCUT2D eigenvalue weighted by molar-refractivity contribution is 5.70. The number of rotatable bonds is 6. The van der Waals surface area contributed by atoms with Crippen LogP contribution in [0.5, 0.6) is 0 Å². The van der Waals surface area contributed by atoms with E-state index in [9.17, 15) is 4.79 Å². The summed E-state index contributed by atoms with van der Waals surface area (Å²) in [5.41, 5.74) is 0. The first kappa shape index (κ1) is 14.0. The molecule has 0 radical (unpaired) electrons. The third-order valence-electron chi connectivity index (χ3n) is 3.56. The zero-order valence-corrected chi connectivity index (χ0v) is 11.3. The van der Waals surface area contributed by atoms with Gasteiger partial charge in [-0.15, -0.1) is 0 Å². The molecule has 2 heterocycles. The monoisotopic (exact) mass is 267 g/mol. The number of likely N-dealkylation sites (tertiary alicyclic amines) is 1. The van der Waals surface area contributed by atoms with Crippen LogP contribution in [0.4, 0.5) is 0 Å². The highest BCUT2D eigenvalue weighted by Crippen LogP contribution is 2.18. The number of methoxy groups -OCH3 is 1. The number of piperidine rings is 1. The number of carbonyl (C=O) groups is 1. The fraction of sp³-hybridized carbons (Fsp3) is 0.692. The zero-order chi connectivity index (χ0) is 13.7. The van der Waals surface area contributed by atoms with E-state index >= 15 is 0 Å². The van der Waals surface area contributed by atoms with Crippen molar-refractivity contribution in [1.82, 2.24) is 14.5 Å². The molecular weight excluding hydrogens is 246 g/mol. The Kier molecular flexibility index (Phi) is 4.93. The molecule has 106 valence electrons. The number of nitrogens with zero attached hydrogens (tertiary/aromatic N) is 3. The van der Waals surface area contributed by atoms with Crippen molar-refractivity contribution in [1.29, 1.82) is 0 Å². The molecule has 0 amide bonds. The molecule has 6 nitrogen and oxygen atoms in total. The zero-order valence-electron chi connectivity index (χ0n) is 11.3. The van der Waals surface area contributed by atoms with Gasteiger partial charge < -0.3 is 14.4 Å². The van der Waals surface area contributed by atoms with Crippen molar-refractivity contribution in [3.63, 3.8) is 0 Å². The summed E-state index contributed by atoms with van der Waals surface area (Å²) in [6.07, 6.45) is 5.44. The largest absolute Gasteiger partial charge is 0.481 e. The van der Waals surface area contributed by atoms with Crippen molar-refractivity contribution < 1.29 is 14.6 Å². The van der Waals surface area contributed by atoms with Crippen LogP contribution < -0.4 is 0 Å². The fourth-order valence-corrected chi connectivity index (χ4v) is 2.49. The third-order valence-corrected chi connectivity index (χ3v) is 3.56. The summed E-state index contributed by atoms with van der Waals surface area (Å²) in [5.74, 6) is 0.0478. The number of aliphatic carboxylic acids is 1. The van der Waals surface area contributed by atoms with Crippen molar-refractivity contribution >= 4 is 5.97 Å². The van der Waals surface area contributed by atoms with Crippen LogP contribution in [0.2, 0.25) is 0 Å².